The zero-order valence-electron chi connectivity index (χ0n) is 20.3. The maximum Gasteiger partial charge on any atom is 0.280 e. The van der Waals surface area contributed by atoms with Crippen molar-refractivity contribution in [2.24, 2.45) is 0 Å². The molecule has 0 radical (unpaired) electrons. The van der Waals surface area contributed by atoms with E-state index in [0.29, 0.717) is 23.0 Å². The SMILES string of the molecule is COc1cccc(CN2CCN(c3nc4ccccc4c4nnc(-c5ccccc5[N+](=O)[O-])n34)CC2)c1. The highest BCUT2D eigenvalue weighted by molar-refractivity contribution is 5.93. The van der Waals surface area contributed by atoms with E-state index in [9.17, 15) is 10.1 Å². The van der Waals surface area contributed by atoms with Crippen LogP contribution in [0.3, 0.4) is 0 Å². The topological polar surface area (TPSA) is 102 Å². The average Bonchev–Trinajstić information content (AvgIpc) is 3.39. The minimum absolute atomic E-state index is 0.0148. The van der Waals surface area contributed by atoms with Gasteiger partial charge >= 0.3 is 0 Å². The second-order valence-electron chi connectivity index (χ2n) is 9.00. The predicted octanol–water partition coefficient (Wildman–Crippen LogP) is 4.18. The summed E-state index contributed by atoms with van der Waals surface area (Å²) in [5.74, 6) is 1.95. The number of nitro benzene ring substituents is 1. The van der Waals surface area contributed by atoms with Crippen molar-refractivity contribution in [3.8, 4) is 17.1 Å². The van der Waals surface area contributed by atoms with Gasteiger partial charge in [-0.05, 0) is 35.9 Å². The minimum atomic E-state index is -0.387. The number of rotatable bonds is 6. The van der Waals surface area contributed by atoms with E-state index in [0.717, 1.165) is 49.4 Å². The van der Waals surface area contributed by atoms with Crippen LogP contribution in [0.1, 0.15) is 5.56 Å². The van der Waals surface area contributed by atoms with Crippen molar-refractivity contribution in [2.75, 3.05) is 38.2 Å². The van der Waals surface area contributed by atoms with E-state index in [2.05, 4.69) is 32.1 Å². The molecule has 2 aromatic heterocycles. The predicted molar refractivity (Wildman–Crippen MR) is 141 cm³/mol. The van der Waals surface area contributed by atoms with Crippen LogP contribution in [0, 0.1) is 10.1 Å². The molecule has 1 aliphatic rings. The molecule has 0 N–H and O–H groups in total. The number of fused-ring (bicyclic) bond motifs is 3. The van der Waals surface area contributed by atoms with Gasteiger partial charge in [0.2, 0.25) is 5.95 Å². The molecule has 186 valence electrons. The van der Waals surface area contributed by atoms with Crippen LogP contribution in [0.2, 0.25) is 0 Å². The first kappa shape index (κ1) is 22.9. The highest BCUT2D eigenvalue weighted by atomic mass is 16.6. The molecule has 10 heteroatoms. The molecule has 0 unspecified atom stereocenters. The quantitative estimate of drug-likeness (QED) is 0.255. The van der Waals surface area contributed by atoms with E-state index >= 15 is 0 Å². The van der Waals surface area contributed by atoms with Gasteiger partial charge in [-0.3, -0.25) is 15.0 Å². The number of nitrogens with zero attached hydrogens (tertiary/aromatic N) is 7. The fraction of sp³-hybridized carbons (Fsp3) is 0.222. The van der Waals surface area contributed by atoms with Gasteiger partial charge in [-0.1, -0.05) is 36.4 Å². The molecule has 1 fully saturated rings. The van der Waals surface area contributed by atoms with Gasteiger partial charge in [0.25, 0.3) is 5.69 Å². The molecule has 10 nitrogen and oxygen atoms in total. The van der Waals surface area contributed by atoms with Gasteiger partial charge in [0.05, 0.1) is 23.1 Å². The first-order chi connectivity index (χ1) is 18.1. The Balaban J connectivity index is 1.38. The van der Waals surface area contributed by atoms with E-state index in [1.165, 1.54) is 11.6 Å². The minimum Gasteiger partial charge on any atom is -0.497 e. The Hall–Kier alpha value is -4.57. The maximum absolute atomic E-state index is 11.8. The van der Waals surface area contributed by atoms with Crippen LogP contribution in [0.4, 0.5) is 11.6 Å². The Bertz CT molecular complexity index is 1610. The van der Waals surface area contributed by atoms with E-state index in [-0.39, 0.29) is 10.6 Å². The number of benzene rings is 3. The Morgan fingerprint density at radius 3 is 2.54 bits per heavy atom. The van der Waals surface area contributed by atoms with Crippen molar-refractivity contribution in [3.63, 3.8) is 0 Å². The molecular weight excluding hydrogens is 470 g/mol. The highest BCUT2D eigenvalue weighted by Crippen LogP contribution is 2.33. The van der Waals surface area contributed by atoms with Gasteiger partial charge < -0.3 is 9.64 Å². The fourth-order valence-electron chi connectivity index (χ4n) is 4.91. The number of ether oxygens (including phenoxy) is 1. The van der Waals surface area contributed by atoms with Crippen LogP contribution in [-0.4, -0.2) is 62.7 Å². The Labute approximate surface area is 212 Å². The van der Waals surface area contributed by atoms with Crippen LogP contribution in [-0.2, 0) is 6.54 Å². The molecule has 1 aliphatic heterocycles. The summed E-state index contributed by atoms with van der Waals surface area (Å²) in [5.41, 5.74) is 3.04. The summed E-state index contributed by atoms with van der Waals surface area (Å²) in [4.78, 5) is 21.0. The molecule has 0 bridgehead atoms. The third-order valence-electron chi connectivity index (χ3n) is 6.77. The van der Waals surface area contributed by atoms with Crippen LogP contribution >= 0.6 is 0 Å². The number of para-hydroxylation sites is 2. The molecule has 5 aromatic rings. The van der Waals surface area contributed by atoms with E-state index in [4.69, 9.17) is 9.72 Å². The fourth-order valence-corrected chi connectivity index (χ4v) is 4.91. The second-order valence-corrected chi connectivity index (χ2v) is 9.00. The van der Waals surface area contributed by atoms with Crippen LogP contribution < -0.4 is 9.64 Å². The lowest BCUT2D eigenvalue weighted by Gasteiger charge is -2.35. The molecule has 0 spiro atoms. The molecule has 37 heavy (non-hydrogen) atoms. The summed E-state index contributed by atoms with van der Waals surface area (Å²) in [6.07, 6.45) is 0. The molecule has 3 heterocycles. The molecule has 1 saturated heterocycles. The molecule has 0 aliphatic carbocycles. The molecular formula is C27H25N7O3. The number of anilines is 1. The largest absolute Gasteiger partial charge is 0.497 e. The molecule has 3 aromatic carbocycles. The summed E-state index contributed by atoms with van der Waals surface area (Å²) < 4.78 is 7.23. The van der Waals surface area contributed by atoms with E-state index in [1.807, 2.05) is 40.8 Å². The van der Waals surface area contributed by atoms with Gasteiger partial charge in [-0.15, -0.1) is 10.2 Å². The summed E-state index contributed by atoms with van der Waals surface area (Å²) in [5, 5.41) is 21.5. The lowest BCUT2D eigenvalue weighted by atomic mass is 10.1. The zero-order chi connectivity index (χ0) is 25.4. The Morgan fingerprint density at radius 1 is 0.946 bits per heavy atom. The van der Waals surface area contributed by atoms with Crippen molar-refractivity contribution in [1.82, 2.24) is 24.5 Å². The monoisotopic (exact) mass is 495 g/mol. The average molecular weight is 496 g/mol. The van der Waals surface area contributed by atoms with Gasteiger partial charge in [0.15, 0.2) is 11.5 Å². The first-order valence-corrected chi connectivity index (χ1v) is 12.1. The van der Waals surface area contributed by atoms with E-state index in [1.54, 1.807) is 25.3 Å². The number of nitro groups is 1. The number of piperazine rings is 1. The van der Waals surface area contributed by atoms with E-state index < -0.39 is 0 Å². The lowest BCUT2D eigenvalue weighted by molar-refractivity contribution is -0.384. The third kappa shape index (κ3) is 4.21. The first-order valence-electron chi connectivity index (χ1n) is 12.1. The van der Waals surface area contributed by atoms with Crippen molar-refractivity contribution in [1.29, 1.82) is 0 Å². The van der Waals surface area contributed by atoms with Crippen LogP contribution in [0.25, 0.3) is 27.9 Å². The van der Waals surface area contributed by atoms with Gasteiger partial charge in [-0.2, -0.15) is 0 Å². The molecule has 0 amide bonds. The van der Waals surface area contributed by atoms with Crippen LogP contribution in [0.5, 0.6) is 5.75 Å². The normalized spacial score (nSPS) is 14.4. The van der Waals surface area contributed by atoms with Crippen molar-refractivity contribution < 1.29 is 9.66 Å². The van der Waals surface area contributed by atoms with Crippen molar-refractivity contribution in [3.05, 3.63) is 88.5 Å². The number of hydrogen-bond acceptors (Lipinski definition) is 8. The number of aromatic nitrogens is 4. The Kier molecular flexibility index (Phi) is 5.85. The highest BCUT2D eigenvalue weighted by Gasteiger charge is 2.26. The van der Waals surface area contributed by atoms with Gasteiger partial charge in [0.1, 0.15) is 5.75 Å². The second kappa shape index (κ2) is 9.47. The van der Waals surface area contributed by atoms with Gasteiger partial charge in [-0.25, -0.2) is 9.38 Å². The smallest absolute Gasteiger partial charge is 0.280 e. The maximum atomic E-state index is 11.8. The zero-order valence-corrected chi connectivity index (χ0v) is 20.3. The van der Waals surface area contributed by atoms with Crippen molar-refractivity contribution in [2.45, 2.75) is 6.54 Å². The lowest BCUT2D eigenvalue weighted by Crippen LogP contribution is -2.46. The summed E-state index contributed by atoms with van der Waals surface area (Å²) in [6.45, 7) is 4.02. The number of methoxy groups -OCH3 is 1. The summed E-state index contributed by atoms with van der Waals surface area (Å²) in [6, 6.07) is 22.5. The summed E-state index contributed by atoms with van der Waals surface area (Å²) >= 11 is 0. The molecule has 0 atom stereocenters. The third-order valence-corrected chi connectivity index (χ3v) is 6.77. The number of hydrogen-bond donors (Lipinski definition) is 0. The standard InChI is InChI=1S/C27H25N7O3/c1-37-20-8-6-7-19(17-20)18-31-13-15-32(16-14-31)27-28-23-11-4-2-9-21(23)25-29-30-26(33(25)27)22-10-3-5-12-24(22)34(35)36/h2-12,17H,13-16,18H2,1H3. The molecule has 0 saturated carbocycles. The summed E-state index contributed by atoms with van der Waals surface area (Å²) in [7, 11) is 1.68. The molecule has 6 rings (SSSR count). The van der Waals surface area contributed by atoms with Crippen molar-refractivity contribution >= 4 is 28.2 Å². The van der Waals surface area contributed by atoms with Crippen LogP contribution in [0.15, 0.2) is 72.8 Å². The Morgan fingerprint density at radius 2 is 1.73 bits per heavy atom. The van der Waals surface area contributed by atoms with Gasteiger partial charge in [0, 0.05) is 44.2 Å².